The number of nitrogens with one attached hydrogen (secondary N) is 1. The minimum atomic E-state index is -0.241. The maximum absolute atomic E-state index is 12.0. The molecule has 2 fully saturated rings. The van der Waals surface area contributed by atoms with Gasteiger partial charge in [-0.2, -0.15) is 0 Å². The Morgan fingerprint density at radius 2 is 1.47 bits per heavy atom. The molecule has 6 heteroatoms. The van der Waals surface area contributed by atoms with Crippen molar-refractivity contribution >= 4 is 6.09 Å². The Hall–Kier alpha value is -1.63. The molecule has 2 saturated carbocycles. The van der Waals surface area contributed by atoms with Crippen LogP contribution in [-0.2, 0) is 20.8 Å². The number of carbonyl (C=O) groups excluding carboxylic acids is 1. The molecule has 30 heavy (non-hydrogen) atoms. The van der Waals surface area contributed by atoms with E-state index in [2.05, 4.69) is 5.32 Å². The lowest BCUT2D eigenvalue weighted by atomic mass is 9.92. The van der Waals surface area contributed by atoms with E-state index in [1.165, 1.54) is 25.7 Å². The quantitative estimate of drug-likeness (QED) is 0.740. The van der Waals surface area contributed by atoms with E-state index in [9.17, 15) is 4.79 Å². The minimum absolute atomic E-state index is 0.241. The summed E-state index contributed by atoms with van der Waals surface area (Å²) >= 11 is 0. The Balaban J connectivity index is 0.000000269. The van der Waals surface area contributed by atoms with Crippen molar-refractivity contribution in [2.45, 2.75) is 82.3 Å². The maximum atomic E-state index is 12.0. The van der Waals surface area contributed by atoms with E-state index < -0.39 is 0 Å². The average molecular weight is 421 g/mol. The smallest absolute Gasteiger partial charge is 0.410 e. The zero-order chi connectivity index (χ0) is 21.8. The second-order valence-corrected chi connectivity index (χ2v) is 8.32. The first-order valence-electron chi connectivity index (χ1n) is 11.2. The van der Waals surface area contributed by atoms with Gasteiger partial charge in [-0.25, -0.2) is 4.79 Å². The average Bonchev–Trinajstić information content (AvgIpc) is 2.83. The summed E-state index contributed by atoms with van der Waals surface area (Å²) in [6.45, 7) is 0.331. The SMILES string of the molecule is CNC1CCC(OC)CC1.COC1CCC(N(C)C(=O)OCc2ccccc2)CC1. The molecule has 0 bridgehead atoms. The molecule has 2 aliphatic carbocycles. The van der Waals surface area contributed by atoms with Crippen molar-refractivity contribution in [2.24, 2.45) is 0 Å². The standard InChI is InChI=1S/C16H23NO3.C8H17NO/c1-17(14-8-10-15(19-2)11-9-14)16(18)20-12-13-6-4-3-5-7-13;1-9-7-3-5-8(10-2)6-4-7/h3-7,14-15H,8-12H2,1-2H3;7-9H,3-6H2,1-2H3. The van der Waals surface area contributed by atoms with Gasteiger partial charge >= 0.3 is 6.09 Å². The zero-order valence-corrected chi connectivity index (χ0v) is 19.1. The van der Waals surface area contributed by atoms with E-state index in [0.29, 0.717) is 18.8 Å². The molecule has 0 radical (unpaired) electrons. The molecule has 2 aliphatic rings. The molecule has 0 atom stereocenters. The lowest BCUT2D eigenvalue weighted by Crippen LogP contribution is -2.40. The highest BCUT2D eigenvalue weighted by atomic mass is 16.6. The number of methoxy groups -OCH3 is 2. The third kappa shape index (κ3) is 8.25. The van der Waals surface area contributed by atoms with Gasteiger partial charge in [-0.05, 0) is 64.0 Å². The van der Waals surface area contributed by atoms with Crippen LogP contribution in [0.1, 0.15) is 56.9 Å². The zero-order valence-electron chi connectivity index (χ0n) is 19.1. The van der Waals surface area contributed by atoms with E-state index in [-0.39, 0.29) is 12.1 Å². The van der Waals surface area contributed by atoms with E-state index in [1.54, 1.807) is 12.0 Å². The molecule has 3 rings (SSSR count). The number of rotatable bonds is 6. The van der Waals surface area contributed by atoms with Crippen LogP contribution in [0.2, 0.25) is 0 Å². The molecule has 0 aliphatic heterocycles. The molecule has 1 aromatic carbocycles. The number of benzene rings is 1. The molecule has 0 saturated heterocycles. The number of hydrogen-bond acceptors (Lipinski definition) is 5. The Morgan fingerprint density at radius 3 is 1.97 bits per heavy atom. The third-order valence-corrected chi connectivity index (χ3v) is 6.43. The molecule has 1 aromatic rings. The van der Waals surface area contributed by atoms with Crippen LogP contribution in [0.3, 0.4) is 0 Å². The Kier molecular flexibility index (Phi) is 11.2. The van der Waals surface area contributed by atoms with Crippen LogP contribution in [0.15, 0.2) is 30.3 Å². The molecular formula is C24H40N2O4. The first-order chi connectivity index (χ1) is 14.6. The van der Waals surface area contributed by atoms with Crippen LogP contribution >= 0.6 is 0 Å². The molecule has 0 spiro atoms. The fourth-order valence-corrected chi connectivity index (χ4v) is 4.23. The predicted octanol–water partition coefficient (Wildman–Crippen LogP) is 4.38. The summed E-state index contributed by atoms with van der Waals surface area (Å²) in [5.74, 6) is 0. The molecule has 6 nitrogen and oxygen atoms in total. The van der Waals surface area contributed by atoms with Crippen molar-refractivity contribution in [3.05, 3.63) is 35.9 Å². The number of nitrogens with zero attached hydrogens (tertiary/aromatic N) is 1. The van der Waals surface area contributed by atoms with E-state index in [0.717, 1.165) is 37.3 Å². The Morgan fingerprint density at radius 1 is 0.933 bits per heavy atom. The Bertz CT molecular complexity index is 570. The summed E-state index contributed by atoms with van der Waals surface area (Å²) in [5.41, 5.74) is 1.01. The fourth-order valence-electron chi connectivity index (χ4n) is 4.23. The molecule has 170 valence electrons. The monoisotopic (exact) mass is 420 g/mol. The topological polar surface area (TPSA) is 60.0 Å². The largest absolute Gasteiger partial charge is 0.445 e. The van der Waals surface area contributed by atoms with E-state index in [4.69, 9.17) is 14.2 Å². The minimum Gasteiger partial charge on any atom is -0.445 e. The van der Waals surface area contributed by atoms with Gasteiger partial charge in [0, 0.05) is 33.4 Å². The lowest BCUT2D eigenvalue weighted by Gasteiger charge is -2.33. The molecular weight excluding hydrogens is 380 g/mol. The van der Waals surface area contributed by atoms with Crippen molar-refractivity contribution in [3.8, 4) is 0 Å². The normalized spacial score (nSPS) is 26.3. The van der Waals surface area contributed by atoms with Gasteiger partial charge in [0.2, 0.25) is 0 Å². The van der Waals surface area contributed by atoms with Crippen LogP contribution in [0.4, 0.5) is 4.79 Å². The van der Waals surface area contributed by atoms with Gasteiger partial charge < -0.3 is 24.4 Å². The van der Waals surface area contributed by atoms with Crippen LogP contribution in [-0.4, -0.2) is 63.6 Å². The summed E-state index contributed by atoms with van der Waals surface area (Å²) in [4.78, 5) is 13.8. The lowest BCUT2D eigenvalue weighted by molar-refractivity contribution is 0.0365. The summed E-state index contributed by atoms with van der Waals surface area (Å²) in [6.07, 6.45) is 9.62. The van der Waals surface area contributed by atoms with Gasteiger partial charge in [-0.3, -0.25) is 0 Å². The van der Waals surface area contributed by atoms with Crippen molar-refractivity contribution in [3.63, 3.8) is 0 Å². The van der Waals surface area contributed by atoms with Crippen LogP contribution in [0.5, 0.6) is 0 Å². The number of carbonyl (C=O) groups is 1. The van der Waals surface area contributed by atoms with Crippen molar-refractivity contribution in [2.75, 3.05) is 28.3 Å². The van der Waals surface area contributed by atoms with Crippen molar-refractivity contribution in [1.82, 2.24) is 10.2 Å². The first kappa shape index (κ1) is 24.6. The van der Waals surface area contributed by atoms with Crippen LogP contribution in [0, 0.1) is 0 Å². The van der Waals surface area contributed by atoms with Gasteiger partial charge in [0.05, 0.1) is 12.2 Å². The molecule has 0 aromatic heterocycles. The maximum Gasteiger partial charge on any atom is 0.410 e. The molecule has 1 amide bonds. The number of hydrogen-bond donors (Lipinski definition) is 1. The predicted molar refractivity (Wildman–Crippen MR) is 120 cm³/mol. The highest BCUT2D eigenvalue weighted by molar-refractivity contribution is 5.67. The summed E-state index contributed by atoms with van der Waals surface area (Å²) in [5, 5.41) is 3.29. The molecule has 1 N–H and O–H groups in total. The van der Waals surface area contributed by atoms with Gasteiger partial charge in [-0.1, -0.05) is 30.3 Å². The second-order valence-electron chi connectivity index (χ2n) is 8.32. The van der Waals surface area contributed by atoms with Gasteiger partial charge in [0.15, 0.2) is 0 Å². The van der Waals surface area contributed by atoms with E-state index in [1.807, 2.05) is 51.5 Å². The van der Waals surface area contributed by atoms with Gasteiger partial charge in [0.1, 0.15) is 6.61 Å². The third-order valence-electron chi connectivity index (χ3n) is 6.43. The number of ether oxygens (including phenoxy) is 3. The first-order valence-corrected chi connectivity index (χ1v) is 11.2. The van der Waals surface area contributed by atoms with Gasteiger partial charge in [-0.15, -0.1) is 0 Å². The van der Waals surface area contributed by atoms with Crippen LogP contribution in [0.25, 0.3) is 0 Å². The second kappa shape index (κ2) is 13.6. The number of amides is 1. The fraction of sp³-hybridized carbons (Fsp3) is 0.708. The van der Waals surface area contributed by atoms with Crippen LogP contribution < -0.4 is 5.32 Å². The summed E-state index contributed by atoms with van der Waals surface area (Å²) in [6, 6.07) is 10.8. The Labute approximate surface area is 182 Å². The van der Waals surface area contributed by atoms with Crippen molar-refractivity contribution in [1.29, 1.82) is 0 Å². The summed E-state index contributed by atoms with van der Waals surface area (Å²) in [7, 11) is 7.43. The highest BCUT2D eigenvalue weighted by Crippen LogP contribution is 2.24. The summed E-state index contributed by atoms with van der Waals surface area (Å²) < 4.78 is 16.0. The molecule has 0 unspecified atom stereocenters. The van der Waals surface area contributed by atoms with Gasteiger partial charge in [0.25, 0.3) is 0 Å². The highest BCUT2D eigenvalue weighted by Gasteiger charge is 2.27. The van der Waals surface area contributed by atoms with E-state index >= 15 is 0 Å². The molecule has 0 heterocycles. The van der Waals surface area contributed by atoms with Crippen molar-refractivity contribution < 1.29 is 19.0 Å².